The average molecular weight is 348 g/mol. The largest absolute Gasteiger partial charge is 0.378 e. The van der Waals surface area contributed by atoms with Crippen molar-refractivity contribution in [1.29, 1.82) is 5.26 Å². The summed E-state index contributed by atoms with van der Waals surface area (Å²) in [5.74, 6) is 1.67. The van der Waals surface area contributed by atoms with Gasteiger partial charge >= 0.3 is 0 Å². The highest BCUT2D eigenvalue weighted by Crippen LogP contribution is 2.39. The molecule has 5 heteroatoms. The smallest absolute Gasteiger partial charge is 0.128 e. The van der Waals surface area contributed by atoms with Crippen LogP contribution in [0.5, 0.6) is 0 Å². The van der Waals surface area contributed by atoms with Crippen LogP contribution in [0, 0.1) is 11.3 Å². The Morgan fingerprint density at radius 2 is 1.81 bits per heavy atom. The summed E-state index contributed by atoms with van der Waals surface area (Å²) < 4.78 is 0. The van der Waals surface area contributed by atoms with E-state index in [0.717, 1.165) is 37.9 Å². The number of hydrogen-bond donors (Lipinski definition) is 1. The molecule has 1 saturated heterocycles. The molecule has 5 nitrogen and oxygen atoms in total. The molecule has 1 aromatic heterocycles. The molecule has 1 N–H and O–H groups in total. The van der Waals surface area contributed by atoms with Crippen molar-refractivity contribution in [3.05, 3.63) is 59.3 Å². The predicted octanol–water partition coefficient (Wildman–Crippen LogP) is 2.51. The van der Waals surface area contributed by atoms with E-state index in [0.29, 0.717) is 12.0 Å². The lowest BCUT2D eigenvalue weighted by Crippen LogP contribution is -2.51. The monoisotopic (exact) mass is 348 g/mol. The molecule has 0 radical (unpaired) electrons. The second-order valence-electron chi connectivity index (χ2n) is 7.24. The van der Waals surface area contributed by atoms with Gasteiger partial charge in [-0.1, -0.05) is 24.3 Å². The third-order valence-corrected chi connectivity index (χ3v) is 5.38. The zero-order valence-electron chi connectivity index (χ0n) is 14.9. The summed E-state index contributed by atoms with van der Waals surface area (Å²) in [6, 6.07) is 14.5. The number of hydrogen-bond acceptors (Lipinski definition) is 5. The molecule has 0 spiro atoms. The van der Waals surface area contributed by atoms with Crippen LogP contribution in [-0.2, 0) is 6.42 Å². The van der Waals surface area contributed by atoms with E-state index < -0.39 is 6.23 Å². The van der Waals surface area contributed by atoms with Crippen molar-refractivity contribution in [2.45, 2.75) is 31.4 Å². The first kappa shape index (κ1) is 17.0. The Kier molecular flexibility index (Phi) is 4.87. The van der Waals surface area contributed by atoms with Crippen LogP contribution in [0.4, 0.5) is 5.82 Å². The van der Waals surface area contributed by atoms with Gasteiger partial charge in [0.25, 0.3) is 0 Å². The summed E-state index contributed by atoms with van der Waals surface area (Å²) in [4.78, 5) is 8.70. The van der Waals surface area contributed by atoms with E-state index in [-0.39, 0.29) is 0 Å². The lowest BCUT2D eigenvalue weighted by Gasteiger charge is -2.37. The Bertz CT molecular complexity index is 769. The first-order chi connectivity index (χ1) is 12.7. The van der Waals surface area contributed by atoms with E-state index in [1.54, 1.807) is 12.3 Å². The molecule has 0 bridgehead atoms. The number of rotatable bonds is 5. The maximum absolute atomic E-state index is 10.6. The number of anilines is 1. The van der Waals surface area contributed by atoms with Crippen LogP contribution in [0.2, 0.25) is 0 Å². The molecular formula is C21H24N4O. The second-order valence-corrected chi connectivity index (χ2v) is 7.24. The Labute approximate surface area is 154 Å². The summed E-state index contributed by atoms with van der Waals surface area (Å²) in [6.45, 7) is 3.28. The summed E-state index contributed by atoms with van der Waals surface area (Å²) in [5.41, 5.74) is 3.21. The normalized spacial score (nSPS) is 19.2. The van der Waals surface area contributed by atoms with Gasteiger partial charge in [-0.15, -0.1) is 0 Å². The van der Waals surface area contributed by atoms with Crippen molar-refractivity contribution in [2.75, 3.05) is 31.1 Å². The molecule has 1 aliphatic heterocycles. The molecular weight excluding hydrogens is 324 g/mol. The van der Waals surface area contributed by atoms with Gasteiger partial charge in [0.05, 0.1) is 5.56 Å². The summed E-state index contributed by atoms with van der Waals surface area (Å²) in [7, 11) is 0. The van der Waals surface area contributed by atoms with Gasteiger partial charge in [-0.05, 0) is 42.0 Å². The zero-order valence-corrected chi connectivity index (χ0v) is 14.9. The number of aliphatic hydroxyl groups excluding tert-OH is 1. The van der Waals surface area contributed by atoms with Crippen molar-refractivity contribution < 1.29 is 5.11 Å². The number of piperazine rings is 1. The van der Waals surface area contributed by atoms with E-state index in [2.05, 4.69) is 45.1 Å². The van der Waals surface area contributed by atoms with Crippen molar-refractivity contribution in [2.24, 2.45) is 0 Å². The minimum absolute atomic E-state index is 0.446. The van der Waals surface area contributed by atoms with Crippen molar-refractivity contribution >= 4 is 5.82 Å². The maximum atomic E-state index is 10.6. The van der Waals surface area contributed by atoms with E-state index in [1.807, 2.05) is 6.07 Å². The van der Waals surface area contributed by atoms with Crippen molar-refractivity contribution in [3.63, 3.8) is 0 Å². The van der Waals surface area contributed by atoms with E-state index in [4.69, 9.17) is 5.26 Å². The van der Waals surface area contributed by atoms with E-state index in [1.165, 1.54) is 24.0 Å². The van der Waals surface area contributed by atoms with Gasteiger partial charge in [0.15, 0.2) is 0 Å². The van der Waals surface area contributed by atoms with Gasteiger partial charge in [0, 0.05) is 38.8 Å². The predicted molar refractivity (Wildman–Crippen MR) is 101 cm³/mol. The van der Waals surface area contributed by atoms with Crippen LogP contribution < -0.4 is 4.90 Å². The molecule has 2 fully saturated rings. The molecule has 1 saturated carbocycles. The molecule has 1 aliphatic carbocycles. The van der Waals surface area contributed by atoms with Crippen LogP contribution in [-0.4, -0.2) is 47.4 Å². The Morgan fingerprint density at radius 3 is 2.38 bits per heavy atom. The Balaban J connectivity index is 1.29. The summed E-state index contributed by atoms with van der Waals surface area (Å²) in [6.07, 6.45) is 4.47. The third kappa shape index (κ3) is 3.87. The lowest BCUT2D eigenvalue weighted by atomic mass is 10.1. The highest BCUT2D eigenvalue weighted by atomic mass is 16.3. The first-order valence-electron chi connectivity index (χ1n) is 9.35. The number of aliphatic hydroxyl groups is 1. The Morgan fingerprint density at radius 1 is 1.08 bits per heavy atom. The number of nitriles is 1. The topological polar surface area (TPSA) is 63.4 Å². The van der Waals surface area contributed by atoms with Gasteiger partial charge in [0.1, 0.15) is 18.1 Å². The number of aromatic nitrogens is 1. The van der Waals surface area contributed by atoms with Gasteiger partial charge < -0.3 is 10.0 Å². The molecule has 2 aromatic rings. The highest BCUT2D eigenvalue weighted by Gasteiger charge is 2.25. The molecule has 0 amide bonds. The van der Waals surface area contributed by atoms with Gasteiger partial charge in [-0.3, -0.25) is 4.90 Å². The summed E-state index contributed by atoms with van der Waals surface area (Å²) in [5, 5.41) is 19.5. The first-order valence-corrected chi connectivity index (χ1v) is 9.35. The maximum Gasteiger partial charge on any atom is 0.128 e. The highest BCUT2D eigenvalue weighted by molar-refractivity contribution is 5.42. The minimum atomic E-state index is -0.446. The van der Waals surface area contributed by atoms with Crippen LogP contribution in [0.15, 0.2) is 42.6 Å². The van der Waals surface area contributed by atoms with Gasteiger partial charge in [-0.25, -0.2) is 4.98 Å². The van der Waals surface area contributed by atoms with Crippen molar-refractivity contribution in [3.8, 4) is 6.07 Å². The fourth-order valence-electron chi connectivity index (χ4n) is 3.57. The van der Waals surface area contributed by atoms with Crippen LogP contribution in [0.1, 0.15) is 35.4 Å². The molecule has 134 valence electrons. The molecule has 1 aromatic carbocycles. The number of nitrogens with zero attached hydrogens (tertiary/aromatic N) is 4. The lowest BCUT2D eigenvalue weighted by molar-refractivity contribution is 0.00103. The molecule has 1 unspecified atom stereocenters. The second kappa shape index (κ2) is 7.45. The minimum Gasteiger partial charge on any atom is -0.378 e. The quantitative estimate of drug-likeness (QED) is 0.899. The molecule has 2 heterocycles. The molecule has 26 heavy (non-hydrogen) atoms. The number of benzene rings is 1. The molecule has 1 atom stereocenters. The van der Waals surface area contributed by atoms with Gasteiger partial charge in [-0.2, -0.15) is 5.26 Å². The summed E-state index contributed by atoms with van der Waals surface area (Å²) >= 11 is 0. The fraction of sp³-hybridized carbons (Fsp3) is 0.429. The third-order valence-electron chi connectivity index (χ3n) is 5.38. The van der Waals surface area contributed by atoms with Gasteiger partial charge in [0.2, 0.25) is 0 Å². The van der Waals surface area contributed by atoms with E-state index in [9.17, 15) is 5.11 Å². The Hall–Kier alpha value is -2.42. The zero-order chi connectivity index (χ0) is 17.9. The molecule has 4 rings (SSSR count). The van der Waals surface area contributed by atoms with Crippen LogP contribution in [0.25, 0.3) is 0 Å². The van der Waals surface area contributed by atoms with Crippen LogP contribution >= 0.6 is 0 Å². The number of pyridine rings is 1. The standard InChI is InChI=1S/C21H24N4O/c22-14-17-3-8-20(23-15-17)24-9-11-25(12-10-24)21(26)13-16-1-4-18(5-2-16)19-6-7-19/h1-5,8,15,19,21,26H,6-7,9-13H2. The van der Waals surface area contributed by atoms with E-state index >= 15 is 0 Å². The van der Waals surface area contributed by atoms with Crippen molar-refractivity contribution in [1.82, 2.24) is 9.88 Å². The SMILES string of the molecule is N#Cc1ccc(N2CCN(C(O)Cc3ccc(C4CC4)cc3)CC2)nc1. The van der Waals surface area contributed by atoms with Crippen LogP contribution in [0.3, 0.4) is 0 Å². The average Bonchev–Trinajstić information content (AvgIpc) is 3.54. The fourth-order valence-corrected chi connectivity index (χ4v) is 3.57. The molecule has 2 aliphatic rings.